The second-order valence-electron chi connectivity index (χ2n) is 5.13. The minimum Gasteiger partial charge on any atom is -0.330 e. The van der Waals surface area contributed by atoms with Gasteiger partial charge in [-0.3, -0.25) is 0 Å². The zero-order chi connectivity index (χ0) is 8.28. The van der Waals surface area contributed by atoms with E-state index in [4.69, 9.17) is 5.73 Å². The summed E-state index contributed by atoms with van der Waals surface area (Å²) in [5, 5.41) is 0. The Balaban J connectivity index is 2.28. The minimum atomic E-state index is 0.576. The van der Waals surface area contributed by atoms with Crippen LogP contribution >= 0.6 is 0 Å². The highest BCUT2D eigenvalue weighted by Gasteiger charge is 2.67. The highest BCUT2D eigenvalue weighted by molar-refractivity contribution is 5.16. The van der Waals surface area contributed by atoms with Crippen molar-refractivity contribution in [3.05, 3.63) is 0 Å². The van der Waals surface area contributed by atoms with Gasteiger partial charge in [0.25, 0.3) is 0 Å². The van der Waals surface area contributed by atoms with Gasteiger partial charge in [0.1, 0.15) is 0 Å². The monoisotopic (exact) mass is 153 g/mol. The van der Waals surface area contributed by atoms with Crippen LogP contribution in [0.5, 0.6) is 0 Å². The van der Waals surface area contributed by atoms with Crippen LogP contribution in [0.3, 0.4) is 0 Å². The molecule has 2 bridgehead atoms. The molecule has 1 heteroatoms. The zero-order valence-electron chi connectivity index (χ0n) is 7.85. The lowest BCUT2D eigenvalue weighted by molar-refractivity contribution is -0.112. The van der Waals surface area contributed by atoms with Crippen LogP contribution < -0.4 is 5.73 Å². The summed E-state index contributed by atoms with van der Waals surface area (Å²) in [6.45, 7) is 8.16. The highest BCUT2D eigenvalue weighted by Crippen LogP contribution is 2.73. The Hall–Kier alpha value is -0.0400. The van der Waals surface area contributed by atoms with Gasteiger partial charge in [0.15, 0.2) is 0 Å². The number of hydrogen-bond donors (Lipinski definition) is 1. The van der Waals surface area contributed by atoms with Crippen molar-refractivity contribution in [3.8, 4) is 0 Å². The lowest BCUT2D eigenvalue weighted by Crippen LogP contribution is -2.57. The molecule has 0 saturated heterocycles. The van der Waals surface area contributed by atoms with Gasteiger partial charge in [-0.2, -0.15) is 0 Å². The minimum absolute atomic E-state index is 0.576. The molecule has 3 aliphatic rings. The first-order valence-corrected chi connectivity index (χ1v) is 4.74. The van der Waals surface area contributed by atoms with Gasteiger partial charge >= 0.3 is 0 Å². The third-order valence-electron chi connectivity index (χ3n) is 4.93. The van der Waals surface area contributed by atoms with Crippen molar-refractivity contribution in [2.24, 2.45) is 28.4 Å². The van der Waals surface area contributed by atoms with Gasteiger partial charge in [0, 0.05) is 0 Å². The highest BCUT2D eigenvalue weighted by atomic mass is 14.8. The first-order valence-electron chi connectivity index (χ1n) is 4.74. The molecule has 64 valence electrons. The van der Waals surface area contributed by atoms with E-state index in [1.807, 2.05) is 0 Å². The van der Waals surface area contributed by atoms with Gasteiger partial charge in [-0.05, 0) is 42.1 Å². The van der Waals surface area contributed by atoms with Crippen LogP contribution in [0, 0.1) is 22.7 Å². The fourth-order valence-electron chi connectivity index (χ4n) is 3.70. The van der Waals surface area contributed by atoms with Crippen LogP contribution in [0.1, 0.15) is 33.6 Å². The molecule has 3 saturated carbocycles. The summed E-state index contributed by atoms with van der Waals surface area (Å²) in [6, 6.07) is 0. The fraction of sp³-hybridized carbons (Fsp3) is 1.00. The smallest absolute Gasteiger partial charge is 0.00406 e. The maximum absolute atomic E-state index is 5.76. The van der Waals surface area contributed by atoms with Crippen molar-refractivity contribution in [1.29, 1.82) is 0 Å². The lowest BCUT2D eigenvalue weighted by atomic mass is 9.45. The Labute approximate surface area is 69.4 Å². The molecule has 3 atom stereocenters. The molecule has 3 fully saturated rings. The molecule has 0 heterocycles. The van der Waals surface area contributed by atoms with Crippen molar-refractivity contribution in [2.45, 2.75) is 33.6 Å². The van der Waals surface area contributed by atoms with E-state index < -0.39 is 0 Å². The molecule has 2 N–H and O–H groups in total. The molecular weight excluding hydrogens is 134 g/mol. The Bertz CT molecular complexity index is 185. The zero-order valence-corrected chi connectivity index (χ0v) is 7.85. The second-order valence-corrected chi connectivity index (χ2v) is 5.13. The molecule has 1 nitrogen and oxygen atoms in total. The molecule has 0 amide bonds. The van der Waals surface area contributed by atoms with Crippen molar-refractivity contribution in [3.63, 3.8) is 0 Å². The molecule has 0 aromatic rings. The summed E-state index contributed by atoms with van der Waals surface area (Å²) in [5.41, 5.74) is 6.92. The molecule has 0 aliphatic heterocycles. The van der Waals surface area contributed by atoms with Crippen molar-refractivity contribution >= 4 is 0 Å². The molecular formula is C10H19N. The van der Waals surface area contributed by atoms with Gasteiger partial charge in [-0.25, -0.2) is 0 Å². The molecule has 0 aromatic heterocycles. The Morgan fingerprint density at radius 2 is 2.00 bits per heavy atom. The summed E-state index contributed by atoms with van der Waals surface area (Å²) in [6.07, 6.45) is 2.83. The number of hydrogen-bond acceptors (Lipinski definition) is 1. The van der Waals surface area contributed by atoms with Crippen molar-refractivity contribution < 1.29 is 0 Å². The summed E-state index contributed by atoms with van der Waals surface area (Å²) in [7, 11) is 0. The summed E-state index contributed by atoms with van der Waals surface area (Å²) >= 11 is 0. The quantitative estimate of drug-likeness (QED) is 0.612. The average Bonchev–Trinajstić information content (AvgIpc) is 2.38. The standard InChI is InChI=1S/C10H19N/c1-9(2)7-4-5-10(9,3)8(7)6-11/h7-8H,4-6,11H2,1-3H3/t7-,8-,10-/m0/s1. The largest absolute Gasteiger partial charge is 0.330 e. The van der Waals surface area contributed by atoms with E-state index in [0.29, 0.717) is 10.8 Å². The maximum atomic E-state index is 5.76. The van der Waals surface area contributed by atoms with Crippen LogP contribution in [0.25, 0.3) is 0 Å². The van der Waals surface area contributed by atoms with E-state index in [1.165, 1.54) is 12.8 Å². The number of fused-ring (bicyclic) bond motifs is 1. The Morgan fingerprint density at radius 1 is 1.36 bits per heavy atom. The lowest BCUT2D eigenvalue weighted by Gasteiger charge is -2.60. The molecule has 0 aromatic carbocycles. The van der Waals surface area contributed by atoms with Gasteiger partial charge in [-0.15, -0.1) is 0 Å². The number of rotatable bonds is 1. The van der Waals surface area contributed by atoms with E-state index in [9.17, 15) is 0 Å². The van der Waals surface area contributed by atoms with Crippen LogP contribution in [-0.4, -0.2) is 6.54 Å². The normalized spacial score (nSPS) is 52.4. The van der Waals surface area contributed by atoms with E-state index in [-0.39, 0.29) is 0 Å². The maximum Gasteiger partial charge on any atom is -0.00406 e. The van der Waals surface area contributed by atoms with E-state index >= 15 is 0 Å². The van der Waals surface area contributed by atoms with Crippen LogP contribution in [-0.2, 0) is 0 Å². The summed E-state index contributed by atoms with van der Waals surface area (Å²) < 4.78 is 0. The first-order chi connectivity index (χ1) is 5.04. The first kappa shape index (κ1) is 7.60. The second kappa shape index (κ2) is 1.82. The van der Waals surface area contributed by atoms with Gasteiger partial charge < -0.3 is 5.73 Å². The molecule has 0 radical (unpaired) electrons. The Morgan fingerprint density at radius 3 is 2.18 bits per heavy atom. The van der Waals surface area contributed by atoms with Gasteiger partial charge in [-0.1, -0.05) is 20.8 Å². The average molecular weight is 153 g/mol. The molecule has 0 spiro atoms. The molecule has 3 aliphatic carbocycles. The molecule has 11 heavy (non-hydrogen) atoms. The molecule has 0 unspecified atom stereocenters. The van der Waals surface area contributed by atoms with Crippen LogP contribution in [0.2, 0.25) is 0 Å². The van der Waals surface area contributed by atoms with E-state index in [1.54, 1.807) is 0 Å². The predicted octanol–water partition coefficient (Wildman–Crippen LogP) is 2.02. The van der Waals surface area contributed by atoms with Crippen molar-refractivity contribution in [1.82, 2.24) is 0 Å². The fourth-order valence-corrected chi connectivity index (χ4v) is 3.70. The predicted molar refractivity (Wildman–Crippen MR) is 47.2 cm³/mol. The van der Waals surface area contributed by atoms with E-state index in [0.717, 1.165) is 18.4 Å². The van der Waals surface area contributed by atoms with Gasteiger partial charge in [0.05, 0.1) is 0 Å². The van der Waals surface area contributed by atoms with Crippen LogP contribution in [0.4, 0.5) is 0 Å². The third kappa shape index (κ3) is 0.581. The third-order valence-corrected chi connectivity index (χ3v) is 4.93. The Kier molecular flexibility index (Phi) is 1.26. The SMILES string of the molecule is CC1(C)[C@H]2CC[C@@]1(C)[C@H]2CN. The number of nitrogens with two attached hydrogens (primary N) is 1. The van der Waals surface area contributed by atoms with E-state index in [2.05, 4.69) is 20.8 Å². The van der Waals surface area contributed by atoms with Crippen LogP contribution in [0.15, 0.2) is 0 Å². The molecule has 3 rings (SSSR count). The summed E-state index contributed by atoms with van der Waals surface area (Å²) in [5.74, 6) is 1.76. The topological polar surface area (TPSA) is 26.0 Å². The summed E-state index contributed by atoms with van der Waals surface area (Å²) in [4.78, 5) is 0. The van der Waals surface area contributed by atoms with Gasteiger partial charge in [0.2, 0.25) is 0 Å². The van der Waals surface area contributed by atoms with Crippen molar-refractivity contribution in [2.75, 3.05) is 6.54 Å².